The third kappa shape index (κ3) is 9.68. The standard InChI is InChI=1S/C11H17F3N10O2/c12-11(13,14)6-20-8(15)21-7-2-5-19-10(22-7)18-4-1-3-17-9(16)23-24(25)26/h2,5H,1,3-4,6H2,(H3,16,17,23)(H4,15,18,19,20,21,22). The molecule has 0 atom stereocenters. The van der Waals surface area contributed by atoms with Crippen molar-refractivity contribution in [3.05, 3.63) is 22.4 Å². The molecule has 0 unspecified atom stereocenters. The van der Waals surface area contributed by atoms with Crippen LogP contribution in [0.1, 0.15) is 6.42 Å². The van der Waals surface area contributed by atoms with Crippen molar-refractivity contribution in [3.8, 4) is 0 Å². The van der Waals surface area contributed by atoms with Crippen molar-refractivity contribution in [2.24, 2.45) is 21.6 Å². The fourth-order valence-corrected chi connectivity index (χ4v) is 1.49. The highest BCUT2D eigenvalue weighted by atomic mass is 19.4. The Morgan fingerprint density at radius 1 is 1.31 bits per heavy atom. The zero-order valence-electron chi connectivity index (χ0n) is 13.3. The second-order valence-electron chi connectivity index (χ2n) is 4.64. The summed E-state index contributed by atoms with van der Waals surface area (Å²) in [6, 6.07) is 1.40. The van der Waals surface area contributed by atoms with Crippen LogP contribution in [0.25, 0.3) is 0 Å². The minimum atomic E-state index is -4.45. The predicted octanol–water partition coefficient (Wildman–Crippen LogP) is -0.336. The third-order valence-corrected chi connectivity index (χ3v) is 2.47. The van der Waals surface area contributed by atoms with Crippen molar-refractivity contribution in [3.63, 3.8) is 0 Å². The van der Waals surface area contributed by atoms with Gasteiger partial charge < -0.3 is 27.4 Å². The number of hydrogen-bond acceptors (Lipinski definition) is 6. The Morgan fingerprint density at radius 2 is 2.04 bits per heavy atom. The number of hydrazone groups is 1. The molecule has 0 aliphatic rings. The van der Waals surface area contributed by atoms with Gasteiger partial charge in [0.05, 0.1) is 0 Å². The number of hydrogen-bond donors (Lipinski definition) is 5. The summed E-state index contributed by atoms with van der Waals surface area (Å²) in [4.78, 5) is 21.1. The predicted molar refractivity (Wildman–Crippen MR) is 87.9 cm³/mol. The largest absolute Gasteiger partial charge is 0.408 e. The number of aromatic nitrogens is 2. The molecule has 1 aromatic rings. The van der Waals surface area contributed by atoms with E-state index in [-0.39, 0.29) is 17.7 Å². The Hall–Kier alpha value is -3.39. The van der Waals surface area contributed by atoms with Gasteiger partial charge in [-0.1, -0.05) is 0 Å². The molecular formula is C11H17F3N10O2. The number of nitrogens with zero attached hydrogens (tertiary/aromatic N) is 5. The highest BCUT2D eigenvalue weighted by Gasteiger charge is 2.26. The Morgan fingerprint density at radius 3 is 2.69 bits per heavy atom. The minimum absolute atomic E-state index is 0.159. The molecule has 0 saturated carbocycles. The average Bonchev–Trinajstić information content (AvgIpc) is 2.51. The summed E-state index contributed by atoms with van der Waals surface area (Å²) in [5.41, 5.74) is 10.6. The van der Waals surface area contributed by atoms with E-state index in [1.807, 2.05) is 0 Å². The smallest absolute Gasteiger partial charge is 0.370 e. The van der Waals surface area contributed by atoms with Crippen molar-refractivity contribution in [1.29, 1.82) is 0 Å². The normalized spacial score (nSPS) is 12.6. The van der Waals surface area contributed by atoms with Crippen molar-refractivity contribution in [1.82, 2.24) is 15.3 Å². The van der Waals surface area contributed by atoms with Crippen LogP contribution in [-0.4, -0.2) is 52.7 Å². The molecule has 7 N–H and O–H groups in total. The zero-order chi connectivity index (χ0) is 19.6. The molecule has 0 aliphatic heterocycles. The zero-order valence-corrected chi connectivity index (χ0v) is 13.3. The monoisotopic (exact) mass is 378 g/mol. The number of nitro groups is 1. The van der Waals surface area contributed by atoms with Crippen LogP contribution >= 0.6 is 0 Å². The maximum atomic E-state index is 12.1. The summed E-state index contributed by atoms with van der Waals surface area (Å²) in [5, 5.41) is 19.8. The fraction of sp³-hybridized carbons (Fsp3) is 0.455. The molecule has 0 spiro atoms. The third-order valence-electron chi connectivity index (χ3n) is 2.47. The summed E-state index contributed by atoms with van der Waals surface area (Å²) >= 11 is 0. The molecule has 0 amide bonds. The number of halogens is 3. The number of anilines is 2. The van der Waals surface area contributed by atoms with E-state index in [0.717, 1.165) is 0 Å². The van der Waals surface area contributed by atoms with Crippen molar-refractivity contribution in [2.45, 2.75) is 12.6 Å². The minimum Gasteiger partial charge on any atom is -0.370 e. The lowest BCUT2D eigenvalue weighted by Crippen LogP contribution is -2.33. The maximum Gasteiger partial charge on any atom is 0.408 e. The average molecular weight is 378 g/mol. The van der Waals surface area contributed by atoms with Gasteiger partial charge in [-0.25, -0.2) is 20.1 Å². The van der Waals surface area contributed by atoms with E-state index in [0.29, 0.717) is 19.5 Å². The van der Waals surface area contributed by atoms with E-state index in [4.69, 9.17) is 11.5 Å². The molecule has 0 bridgehead atoms. The Labute approximate surface area is 145 Å². The Balaban J connectivity index is 2.41. The van der Waals surface area contributed by atoms with Crippen LogP contribution in [0.3, 0.4) is 0 Å². The molecular weight excluding hydrogens is 361 g/mol. The Bertz CT molecular complexity index is 664. The molecule has 26 heavy (non-hydrogen) atoms. The first-order chi connectivity index (χ1) is 12.2. The lowest BCUT2D eigenvalue weighted by atomic mass is 10.4. The van der Waals surface area contributed by atoms with Gasteiger partial charge in [-0.15, -0.1) is 0 Å². The van der Waals surface area contributed by atoms with Gasteiger partial charge in [-0.05, 0) is 12.5 Å². The first-order valence-corrected chi connectivity index (χ1v) is 7.08. The number of nitrogens with one attached hydrogen (secondary N) is 3. The highest BCUT2D eigenvalue weighted by Crippen LogP contribution is 2.14. The number of nitrogens with two attached hydrogens (primary N) is 2. The molecule has 0 saturated heterocycles. The summed E-state index contributed by atoms with van der Waals surface area (Å²) in [7, 11) is 0. The fourth-order valence-electron chi connectivity index (χ4n) is 1.49. The van der Waals surface area contributed by atoms with Crippen molar-refractivity contribution >= 4 is 23.7 Å². The van der Waals surface area contributed by atoms with Crippen molar-refractivity contribution < 1.29 is 18.2 Å². The molecule has 1 aromatic heterocycles. The topological polar surface area (TPSA) is 182 Å². The lowest BCUT2D eigenvalue weighted by Gasteiger charge is -2.09. The van der Waals surface area contributed by atoms with Gasteiger partial charge in [0, 0.05) is 19.3 Å². The van der Waals surface area contributed by atoms with E-state index in [2.05, 4.69) is 36.0 Å². The van der Waals surface area contributed by atoms with Crippen LogP contribution in [-0.2, 0) is 0 Å². The van der Waals surface area contributed by atoms with Gasteiger partial charge in [-0.2, -0.15) is 18.2 Å². The summed E-state index contributed by atoms with van der Waals surface area (Å²) < 4.78 is 36.2. The van der Waals surface area contributed by atoms with Gasteiger partial charge in [-0.3, -0.25) is 0 Å². The van der Waals surface area contributed by atoms with E-state index in [1.54, 1.807) is 0 Å². The molecule has 0 aromatic carbocycles. The second kappa shape index (κ2) is 9.80. The summed E-state index contributed by atoms with van der Waals surface area (Å²) in [6.07, 6.45) is -2.58. The van der Waals surface area contributed by atoms with Crippen LogP contribution in [0.2, 0.25) is 0 Å². The van der Waals surface area contributed by atoms with Crippen LogP contribution in [0, 0.1) is 10.1 Å². The van der Waals surface area contributed by atoms with Gasteiger partial charge in [0.2, 0.25) is 5.95 Å². The van der Waals surface area contributed by atoms with Gasteiger partial charge in [0.25, 0.3) is 5.96 Å². The first-order valence-electron chi connectivity index (χ1n) is 7.08. The number of guanidine groups is 2. The summed E-state index contributed by atoms with van der Waals surface area (Å²) in [5.74, 6) is -0.389. The quantitative estimate of drug-likeness (QED) is 0.133. The van der Waals surface area contributed by atoms with Gasteiger partial charge in [0.15, 0.2) is 11.0 Å². The molecule has 15 heteroatoms. The van der Waals surface area contributed by atoms with Crippen LogP contribution in [0.5, 0.6) is 0 Å². The van der Waals surface area contributed by atoms with E-state index < -0.39 is 23.7 Å². The molecule has 12 nitrogen and oxygen atoms in total. The van der Waals surface area contributed by atoms with Gasteiger partial charge >= 0.3 is 6.18 Å². The molecule has 0 radical (unpaired) electrons. The van der Waals surface area contributed by atoms with E-state index in [1.165, 1.54) is 12.3 Å². The highest BCUT2D eigenvalue weighted by molar-refractivity contribution is 5.91. The molecule has 1 rings (SSSR count). The lowest BCUT2D eigenvalue weighted by molar-refractivity contribution is -0.485. The molecule has 0 fully saturated rings. The van der Waals surface area contributed by atoms with E-state index >= 15 is 0 Å². The van der Waals surface area contributed by atoms with Crippen LogP contribution < -0.4 is 27.4 Å². The molecule has 0 aliphatic carbocycles. The molecule has 1 heterocycles. The number of rotatable bonds is 8. The van der Waals surface area contributed by atoms with Crippen LogP contribution in [0.15, 0.2) is 22.4 Å². The van der Waals surface area contributed by atoms with Gasteiger partial charge in [0.1, 0.15) is 17.5 Å². The van der Waals surface area contributed by atoms with Crippen molar-refractivity contribution in [2.75, 3.05) is 30.3 Å². The first kappa shape index (κ1) is 20.7. The SMILES string of the molecule is NC(=NCC(F)(F)F)Nc1ccnc(NCCCN/C(N)=N/[N+](=O)[O-])n1. The number of aliphatic imine (C=N–C) groups is 1. The summed E-state index contributed by atoms with van der Waals surface area (Å²) in [6.45, 7) is -0.705. The Kier molecular flexibility index (Phi) is 7.78. The van der Waals surface area contributed by atoms with Crippen LogP contribution in [0.4, 0.5) is 24.9 Å². The second-order valence-corrected chi connectivity index (χ2v) is 4.64. The maximum absolute atomic E-state index is 12.1. The number of alkyl halides is 3. The molecule has 144 valence electrons. The van der Waals surface area contributed by atoms with E-state index in [9.17, 15) is 23.3 Å².